The summed E-state index contributed by atoms with van der Waals surface area (Å²) in [7, 11) is -4.36. The molecule has 0 saturated heterocycles. The first-order valence-corrected chi connectivity index (χ1v) is 20.1. The number of hydrogen-bond acceptors (Lipinski definition) is 6. The van der Waals surface area contributed by atoms with Crippen LogP contribution in [0.3, 0.4) is 0 Å². The molecule has 276 valence electrons. The van der Waals surface area contributed by atoms with Gasteiger partial charge in [0.05, 0.1) is 25.4 Å². The van der Waals surface area contributed by atoms with Crippen molar-refractivity contribution in [2.45, 2.75) is 148 Å². The van der Waals surface area contributed by atoms with E-state index in [2.05, 4.69) is 61.7 Å². The van der Waals surface area contributed by atoms with Gasteiger partial charge >= 0.3 is 7.82 Å². The van der Waals surface area contributed by atoms with E-state index in [9.17, 15) is 19.4 Å². The second-order valence-electron chi connectivity index (χ2n) is 12.1. The number of nitrogens with one attached hydrogen (secondary N) is 1. The van der Waals surface area contributed by atoms with Crippen molar-refractivity contribution in [1.82, 2.24) is 5.32 Å². The van der Waals surface area contributed by atoms with E-state index < -0.39 is 20.0 Å². The SMILES string of the molecule is CC/C=C\C/C=C\C/C=C\C/C=C\C/C=C\CC(=O)NC(COP(=O)(O)OCCN)C(O)/C=C/CCCCCCCCCCCCCC. The molecule has 48 heavy (non-hydrogen) atoms. The van der Waals surface area contributed by atoms with Crippen molar-refractivity contribution in [2.24, 2.45) is 5.73 Å². The lowest BCUT2D eigenvalue weighted by Gasteiger charge is -2.23. The highest BCUT2D eigenvalue weighted by atomic mass is 31.2. The lowest BCUT2D eigenvalue weighted by Crippen LogP contribution is -2.45. The lowest BCUT2D eigenvalue weighted by atomic mass is 10.0. The van der Waals surface area contributed by atoms with Crippen LogP contribution in [0.2, 0.25) is 0 Å². The van der Waals surface area contributed by atoms with Crippen molar-refractivity contribution in [2.75, 3.05) is 19.8 Å². The molecular weight excluding hydrogens is 623 g/mol. The van der Waals surface area contributed by atoms with E-state index in [0.29, 0.717) is 6.42 Å². The predicted molar refractivity (Wildman–Crippen MR) is 203 cm³/mol. The summed E-state index contributed by atoms with van der Waals surface area (Å²) in [4.78, 5) is 22.5. The number of rotatable bonds is 33. The number of phosphoric ester groups is 1. The van der Waals surface area contributed by atoms with Crippen molar-refractivity contribution in [3.05, 3.63) is 72.9 Å². The largest absolute Gasteiger partial charge is 0.472 e. The fraction of sp³-hybridized carbons (Fsp3) is 0.667. The molecule has 0 aliphatic carbocycles. The van der Waals surface area contributed by atoms with E-state index in [0.717, 1.165) is 44.9 Å². The van der Waals surface area contributed by atoms with Crippen LogP contribution in [-0.2, 0) is 18.4 Å². The Labute approximate surface area is 293 Å². The molecule has 5 N–H and O–H groups in total. The zero-order chi connectivity index (χ0) is 35.4. The first kappa shape index (κ1) is 45.9. The Kier molecular flexibility index (Phi) is 33.3. The van der Waals surface area contributed by atoms with Gasteiger partial charge in [0.15, 0.2) is 0 Å². The molecule has 0 aromatic rings. The van der Waals surface area contributed by atoms with E-state index in [1.54, 1.807) is 12.2 Å². The van der Waals surface area contributed by atoms with Gasteiger partial charge in [-0.1, -0.05) is 157 Å². The van der Waals surface area contributed by atoms with Gasteiger partial charge in [0, 0.05) is 13.0 Å². The Morgan fingerprint density at radius 1 is 0.708 bits per heavy atom. The molecule has 0 heterocycles. The molecule has 0 fully saturated rings. The zero-order valence-corrected chi connectivity index (χ0v) is 31.1. The van der Waals surface area contributed by atoms with E-state index in [4.69, 9.17) is 14.8 Å². The lowest BCUT2D eigenvalue weighted by molar-refractivity contribution is -0.122. The third kappa shape index (κ3) is 32.5. The summed E-state index contributed by atoms with van der Waals surface area (Å²) in [5.74, 6) is -0.325. The molecule has 0 aliphatic heterocycles. The minimum Gasteiger partial charge on any atom is -0.387 e. The summed E-state index contributed by atoms with van der Waals surface area (Å²) in [6.07, 6.45) is 44.0. The Morgan fingerprint density at radius 2 is 1.19 bits per heavy atom. The minimum absolute atomic E-state index is 0.0613. The topological polar surface area (TPSA) is 131 Å². The van der Waals surface area contributed by atoms with Gasteiger partial charge in [-0.25, -0.2) is 4.57 Å². The molecule has 1 amide bonds. The van der Waals surface area contributed by atoms with Crippen LogP contribution in [0.1, 0.15) is 136 Å². The van der Waals surface area contributed by atoms with Crippen molar-refractivity contribution < 1.29 is 28.4 Å². The van der Waals surface area contributed by atoms with Crippen LogP contribution in [0.5, 0.6) is 0 Å². The number of carbonyl (C=O) groups excluding carboxylic acids is 1. The molecule has 0 radical (unpaired) electrons. The maximum Gasteiger partial charge on any atom is 0.472 e. The first-order chi connectivity index (χ1) is 23.4. The van der Waals surface area contributed by atoms with Crippen molar-refractivity contribution in [3.63, 3.8) is 0 Å². The smallest absolute Gasteiger partial charge is 0.387 e. The number of amides is 1. The highest BCUT2D eigenvalue weighted by Crippen LogP contribution is 2.43. The second-order valence-corrected chi connectivity index (χ2v) is 13.5. The minimum atomic E-state index is -4.36. The van der Waals surface area contributed by atoms with Gasteiger partial charge in [0.2, 0.25) is 5.91 Å². The van der Waals surface area contributed by atoms with E-state index in [1.807, 2.05) is 18.2 Å². The average molecular weight is 693 g/mol. The van der Waals surface area contributed by atoms with Crippen molar-refractivity contribution in [3.8, 4) is 0 Å². The Hall–Kier alpha value is -2.06. The predicted octanol–water partition coefficient (Wildman–Crippen LogP) is 9.71. The van der Waals surface area contributed by atoms with Crippen LogP contribution in [0, 0.1) is 0 Å². The van der Waals surface area contributed by atoms with Gasteiger partial charge in [-0.15, -0.1) is 0 Å². The monoisotopic (exact) mass is 692 g/mol. The molecule has 0 bridgehead atoms. The summed E-state index contributed by atoms with van der Waals surface area (Å²) in [6, 6.07) is -0.916. The Morgan fingerprint density at radius 3 is 1.69 bits per heavy atom. The number of aliphatic hydroxyl groups excluding tert-OH is 1. The summed E-state index contributed by atoms with van der Waals surface area (Å²) in [6.45, 7) is 3.91. The average Bonchev–Trinajstić information content (AvgIpc) is 3.07. The zero-order valence-electron chi connectivity index (χ0n) is 30.2. The Balaban J connectivity index is 4.51. The quantitative estimate of drug-likeness (QED) is 0.0306. The maximum absolute atomic E-state index is 12.6. The van der Waals surface area contributed by atoms with Crippen molar-refractivity contribution in [1.29, 1.82) is 0 Å². The van der Waals surface area contributed by atoms with Crippen LogP contribution in [0.25, 0.3) is 0 Å². The van der Waals surface area contributed by atoms with Gasteiger partial charge in [0.1, 0.15) is 0 Å². The molecule has 0 rings (SSSR count). The van der Waals surface area contributed by atoms with E-state index >= 15 is 0 Å². The molecule has 3 unspecified atom stereocenters. The first-order valence-electron chi connectivity index (χ1n) is 18.6. The molecule has 0 aromatic heterocycles. The van der Waals surface area contributed by atoms with Gasteiger partial charge in [-0.2, -0.15) is 0 Å². The van der Waals surface area contributed by atoms with Crippen molar-refractivity contribution >= 4 is 13.7 Å². The van der Waals surface area contributed by atoms with Crippen LogP contribution in [-0.4, -0.2) is 47.8 Å². The van der Waals surface area contributed by atoms with Gasteiger partial charge in [-0.05, 0) is 44.9 Å². The molecule has 0 spiro atoms. The molecule has 8 nitrogen and oxygen atoms in total. The highest BCUT2D eigenvalue weighted by molar-refractivity contribution is 7.47. The van der Waals surface area contributed by atoms with E-state index in [1.165, 1.54) is 64.2 Å². The van der Waals surface area contributed by atoms with Crippen LogP contribution >= 0.6 is 7.82 Å². The van der Waals surface area contributed by atoms with Crippen LogP contribution in [0.4, 0.5) is 0 Å². The molecule has 0 saturated carbocycles. The molecular formula is C39H69N2O6P. The van der Waals surface area contributed by atoms with Gasteiger partial charge in [0.25, 0.3) is 0 Å². The summed E-state index contributed by atoms with van der Waals surface area (Å²) >= 11 is 0. The number of nitrogens with two attached hydrogens (primary N) is 1. The molecule has 0 aromatic carbocycles. The second kappa shape index (κ2) is 34.8. The maximum atomic E-state index is 12.6. The fourth-order valence-corrected chi connectivity index (χ4v) is 5.54. The summed E-state index contributed by atoms with van der Waals surface area (Å²) < 4.78 is 22.0. The molecule has 9 heteroatoms. The van der Waals surface area contributed by atoms with Gasteiger partial charge < -0.3 is 21.1 Å². The number of phosphoric acid groups is 1. The van der Waals surface area contributed by atoms with Crippen LogP contribution in [0.15, 0.2) is 72.9 Å². The summed E-state index contributed by atoms with van der Waals surface area (Å²) in [5.41, 5.74) is 5.34. The third-order valence-electron chi connectivity index (χ3n) is 7.57. The number of carbonyl (C=O) groups is 1. The van der Waals surface area contributed by atoms with Crippen LogP contribution < -0.4 is 11.1 Å². The summed E-state index contributed by atoms with van der Waals surface area (Å²) in [5, 5.41) is 13.5. The fourth-order valence-electron chi connectivity index (χ4n) is 4.79. The Bertz CT molecular complexity index is 976. The standard InChI is InChI=1S/C39H69N2O6P/c1-3-5-7-9-11-13-15-17-19-21-23-25-27-29-31-33-39(43)41-37(36-47-48(44,45)46-35-34-40)38(42)32-30-28-26-24-22-20-18-16-14-12-10-8-6-4-2/h5,7,11,13,17,19,23,25,29-32,37-38,42H,3-4,6,8-10,12,14-16,18,20-22,24,26-28,33-36,40H2,1-2H3,(H,41,43)(H,44,45)/b7-5-,13-11-,19-17-,25-23-,31-29-,32-30+. The van der Waals surface area contributed by atoms with Gasteiger partial charge in [-0.3, -0.25) is 13.8 Å². The van der Waals surface area contributed by atoms with E-state index in [-0.39, 0.29) is 32.1 Å². The molecule has 0 aliphatic rings. The highest BCUT2D eigenvalue weighted by Gasteiger charge is 2.26. The number of hydrogen-bond donors (Lipinski definition) is 4. The number of aliphatic hydroxyl groups is 1. The third-order valence-corrected chi connectivity index (χ3v) is 8.55. The molecule has 3 atom stereocenters. The number of allylic oxidation sites excluding steroid dienone is 10. The number of unbranched alkanes of at least 4 members (excludes halogenated alkanes) is 12. The normalized spacial score (nSPS) is 15.2.